The Morgan fingerprint density at radius 2 is 1.58 bits per heavy atom. The molecule has 1 aliphatic rings. The van der Waals surface area contributed by atoms with Crippen LogP contribution in [0, 0.1) is 0 Å². The molecule has 0 aliphatic carbocycles. The zero-order chi connectivity index (χ0) is 18.0. The van der Waals surface area contributed by atoms with Crippen molar-refractivity contribution in [3.8, 4) is 0 Å². The fraction of sp³-hybridized carbons (Fsp3) is 0.238. The number of rotatable bonds is 3. The summed E-state index contributed by atoms with van der Waals surface area (Å²) in [5.74, 6) is 0.809. The Kier molecular flexibility index (Phi) is 5.02. The molecule has 0 amide bonds. The van der Waals surface area contributed by atoms with Crippen LogP contribution in [0.15, 0.2) is 77.7 Å². The van der Waals surface area contributed by atoms with Gasteiger partial charge in [0.1, 0.15) is 0 Å². The molecule has 0 radical (unpaired) electrons. The number of hydrogen-bond donors (Lipinski definition) is 0. The molecule has 0 N–H and O–H groups in total. The second kappa shape index (κ2) is 7.43. The lowest BCUT2D eigenvalue weighted by molar-refractivity contribution is 0.428. The average Bonchev–Trinajstić information content (AvgIpc) is 2.95. The normalized spacial score (nSPS) is 19.3. The third-order valence-electron chi connectivity index (χ3n) is 4.84. The fourth-order valence-corrected chi connectivity index (χ4v) is 6.50. The Morgan fingerprint density at radius 3 is 2.42 bits per heavy atom. The van der Waals surface area contributed by atoms with E-state index in [9.17, 15) is 8.42 Å². The van der Waals surface area contributed by atoms with Gasteiger partial charge in [0, 0.05) is 29.5 Å². The van der Waals surface area contributed by atoms with Gasteiger partial charge in [0.15, 0.2) is 0 Å². The summed E-state index contributed by atoms with van der Waals surface area (Å²) in [7, 11) is -3.50. The first kappa shape index (κ1) is 17.6. The number of nitrogens with zero attached hydrogens (tertiary/aromatic N) is 1. The highest BCUT2D eigenvalue weighted by atomic mass is 32.2. The Hall–Kier alpha value is -1.82. The van der Waals surface area contributed by atoms with Crippen LogP contribution in [0.1, 0.15) is 17.2 Å². The van der Waals surface area contributed by atoms with Crippen LogP contribution in [0.3, 0.4) is 0 Å². The third-order valence-corrected chi connectivity index (χ3v) is 8.12. The average molecular weight is 384 g/mol. The van der Waals surface area contributed by atoms with Crippen LogP contribution in [0.25, 0.3) is 10.8 Å². The van der Waals surface area contributed by atoms with Crippen LogP contribution < -0.4 is 0 Å². The van der Waals surface area contributed by atoms with E-state index in [0.29, 0.717) is 23.2 Å². The predicted molar refractivity (Wildman–Crippen MR) is 109 cm³/mol. The van der Waals surface area contributed by atoms with Gasteiger partial charge in [-0.05, 0) is 23.4 Å². The van der Waals surface area contributed by atoms with E-state index in [1.54, 1.807) is 10.4 Å². The van der Waals surface area contributed by atoms with Gasteiger partial charge >= 0.3 is 0 Å². The van der Waals surface area contributed by atoms with E-state index < -0.39 is 10.0 Å². The molecule has 3 nitrogen and oxygen atoms in total. The fourth-order valence-electron chi connectivity index (χ4n) is 3.48. The molecule has 134 valence electrons. The largest absolute Gasteiger partial charge is 0.243 e. The lowest BCUT2D eigenvalue weighted by Gasteiger charge is -2.21. The standard InChI is InChI=1S/C21H21NO2S2/c23-26(24,21-12-6-10-17-7-4-5-11-19(17)21)22-14-13-20(25-16-15-22)18-8-2-1-3-9-18/h1-12,20H,13-16H2/t20-/m0/s1. The molecule has 1 atom stereocenters. The summed E-state index contributed by atoms with van der Waals surface area (Å²) in [4.78, 5) is 0.416. The van der Waals surface area contributed by atoms with Crippen molar-refractivity contribution in [2.75, 3.05) is 18.8 Å². The highest BCUT2D eigenvalue weighted by molar-refractivity contribution is 7.99. The van der Waals surface area contributed by atoms with E-state index in [1.165, 1.54) is 5.56 Å². The maximum atomic E-state index is 13.3. The van der Waals surface area contributed by atoms with Gasteiger partial charge < -0.3 is 0 Å². The molecule has 0 spiro atoms. The molecule has 26 heavy (non-hydrogen) atoms. The Balaban J connectivity index is 1.62. The van der Waals surface area contributed by atoms with Gasteiger partial charge in [-0.15, -0.1) is 0 Å². The molecule has 5 heteroatoms. The topological polar surface area (TPSA) is 37.4 Å². The molecule has 0 saturated carbocycles. The maximum Gasteiger partial charge on any atom is 0.243 e. The van der Waals surface area contributed by atoms with Crippen molar-refractivity contribution in [1.29, 1.82) is 0 Å². The number of thioether (sulfide) groups is 1. The van der Waals surface area contributed by atoms with Crippen LogP contribution in [-0.2, 0) is 10.0 Å². The minimum atomic E-state index is -3.50. The lowest BCUT2D eigenvalue weighted by atomic mass is 10.1. The number of sulfonamides is 1. The van der Waals surface area contributed by atoms with E-state index in [1.807, 2.05) is 66.4 Å². The molecule has 1 saturated heterocycles. The molecule has 1 aliphatic heterocycles. The monoisotopic (exact) mass is 383 g/mol. The van der Waals surface area contributed by atoms with Crippen molar-refractivity contribution in [1.82, 2.24) is 4.31 Å². The molecular formula is C21H21NO2S2. The minimum absolute atomic E-state index is 0.351. The van der Waals surface area contributed by atoms with E-state index in [2.05, 4.69) is 12.1 Å². The zero-order valence-electron chi connectivity index (χ0n) is 14.4. The summed E-state index contributed by atoms with van der Waals surface area (Å²) in [6.07, 6.45) is 0.832. The molecule has 4 rings (SSSR count). The van der Waals surface area contributed by atoms with E-state index in [-0.39, 0.29) is 0 Å². The van der Waals surface area contributed by atoms with Crippen LogP contribution in [0.4, 0.5) is 0 Å². The van der Waals surface area contributed by atoms with Gasteiger partial charge in [-0.25, -0.2) is 8.42 Å². The molecule has 3 aromatic carbocycles. The number of fused-ring (bicyclic) bond motifs is 1. The van der Waals surface area contributed by atoms with Crippen LogP contribution in [-0.4, -0.2) is 31.6 Å². The molecule has 1 fully saturated rings. The molecule has 3 aromatic rings. The Bertz CT molecular complexity index is 997. The van der Waals surface area contributed by atoms with Gasteiger partial charge in [0.25, 0.3) is 0 Å². The predicted octanol–water partition coefficient (Wildman–Crippen LogP) is 4.71. The van der Waals surface area contributed by atoms with Crippen LogP contribution >= 0.6 is 11.8 Å². The Morgan fingerprint density at radius 1 is 0.846 bits per heavy atom. The van der Waals surface area contributed by atoms with E-state index in [4.69, 9.17) is 0 Å². The summed E-state index contributed by atoms with van der Waals surface area (Å²) in [6.45, 7) is 1.11. The van der Waals surface area contributed by atoms with Crippen molar-refractivity contribution in [3.05, 3.63) is 78.4 Å². The smallest absolute Gasteiger partial charge is 0.207 e. The number of hydrogen-bond acceptors (Lipinski definition) is 3. The highest BCUT2D eigenvalue weighted by Gasteiger charge is 2.29. The molecule has 1 heterocycles. The zero-order valence-corrected chi connectivity index (χ0v) is 16.0. The maximum absolute atomic E-state index is 13.3. The second-order valence-electron chi connectivity index (χ2n) is 6.44. The van der Waals surface area contributed by atoms with Crippen molar-refractivity contribution in [2.24, 2.45) is 0 Å². The van der Waals surface area contributed by atoms with Crippen molar-refractivity contribution >= 4 is 32.6 Å². The molecular weight excluding hydrogens is 362 g/mol. The van der Waals surface area contributed by atoms with Gasteiger partial charge in [-0.3, -0.25) is 0 Å². The molecule has 0 unspecified atom stereocenters. The summed E-state index contributed by atoms with van der Waals surface area (Å²) >= 11 is 1.85. The SMILES string of the molecule is O=S(=O)(c1cccc2ccccc12)N1CCS[C@H](c2ccccc2)CC1. The van der Waals surface area contributed by atoms with Gasteiger partial charge in [0.05, 0.1) is 4.90 Å². The first-order chi connectivity index (χ1) is 12.7. The summed E-state index contributed by atoms with van der Waals surface area (Å²) in [5, 5.41) is 2.11. The minimum Gasteiger partial charge on any atom is -0.207 e. The second-order valence-corrected chi connectivity index (χ2v) is 9.66. The third kappa shape index (κ3) is 3.39. The number of benzene rings is 3. The Labute approximate surface area is 159 Å². The van der Waals surface area contributed by atoms with Crippen molar-refractivity contribution in [3.63, 3.8) is 0 Å². The van der Waals surface area contributed by atoms with Crippen LogP contribution in [0.2, 0.25) is 0 Å². The first-order valence-electron chi connectivity index (χ1n) is 8.81. The lowest BCUT2D eigenvalue weighted by Crippen LogP contribution is -2.33. The van der Waals surface area contributed by atoms with E-state index in [0.717, 1.165) is 22.9 Å². The van der Waals surface area contributed by atoms with Gasteiger partial charge in [0.2, 0.25) is 10.0 Å². The van der Waals surface area contributed by atoms with Gasteiger partial charge in [-0.2, -0.15) is 16.1 Å². The van der Waals surface area contributed by atoms with Crippen LogP contribution in [0.5, 0.6) is 0 Å². The van der Waals surface area contributed by atoms with E-state index >= 15 is 0 Å². The molecule has 0 aromatic heterocycles. The van der Waals surface area contributed by atoms with Gasteiger partial charge in [-0.1, -0.05) is 66.7 Å². The van der Waals surface area contributed by atoms with Crippen molar-refractivity contribution < 1.29 is 8.42 Å². The summed E-state index contributed by atoms with van der Waals surface area (Å²) < 4.78 is 28.3. The quantitative estimate of drug-likeness (QED) is 0.657. The first-order valence-corrected chi connectivity index (χ1v) is 11.3. The summed E-state index contributed by atoms with van der Waals surface area (Å²) in [6, 6.07) is 23.6. The molecule has 0 bridgehead atoms. The van der Waals surface area contributed by atoms with Crippen molar-refractivity contribution in [2.45, 2.75) is 16.6 Å². The highest BCUT2D eigenvalue weighted by Crippen LogP contribution is 2.36. The summed E-state index contributed by atoms with van der Waals surface area (Å²) in [5.41, 5.74) is 1.28.